The van der Waals surface area contributed by atoms with E-state index in [0.717, 1.165) is 34.5 Å². The molecule has 0 aliphatic heterocycles. The molecule has 0 spiro atoms. The minimum atomic E-state index is 0.231. The van der Waals surface area contributed by atoms with E-state index in [9.17, 15) is 0 Å². The first-order chi connectivity index (χ1) is 11.2. The number of ether oxygens (including phenoxy) is 1. The zero-order valence-electron chi connectivity index (χ0n) is 13.7. The van der Waals surface area contributed by atoms with Crippen molar-refractivity contribution < 1.29 is 4.74 Å². The first-order valence-electron chi connectivity index (χ1n) is 7.83. The van der Waals surface area contributed by atoms with Gasteiger partial charge in [-0.3, -0.25) is 4.98 Å². The molecule has 2 heterocycles. The molecule has 3 aromatic rings. The lowest BCUT2D eigenvalue weighted by molar-refractivity contribution is 0.419. The molecule has 0 amide bonds. The Kier molecular flexibility index (Phi) is 4.42. The van der Waals surface area contributed by atoms with E-state index in [2.05, 4.69) is 46.5 Å². The van der Waals surface area contributed by atoms with Crippen LogP contribution in [0.4, 0.5) is 5.69 Å². The fourth-order valence-corrected chi connectivity index (χ4v) is 2.84. The number of hydrogen-bond acceptors (Lipinski definition) is 4. The van der Waals surface area contributed by atoms with Gasteiger partial charge in [0, 0.05) is 29.2 Å². The van der Waals surface area contributed by atoms with Crippen LogP contribution in [-0.2, 0) is 0 Å². The molecule has 1 atom stereocenters. The van der Waals surface area contributed by atoms with Gasteiger partial charge in [0.1, 0.15) is 11.3 Å². The minimum Gasteiger partial charge on any atom is -0.494 e. The number of pyridine rings is 2. The Morgan fingerprint density at radius 1 is 1.17 bits per heavy atom. The smallest absolute Gasteiger partial charge is 0.145 e. The van der Waals surface area contributed by atoms with Crippen molar-refractivity contribution >= 4 is 16.6 Å². The minimum absolute atomic E-state index is 0.231. The molecule has 4 heteroatoms. The summed E-state index contributed by atoms with van der Waals surface area (Å²) in [5.41, 5.74) is 4.17. The largest absolute Gasteiger partial charge is 0.494 e. The summed E-state index contributed by atoms with van der Waals surface area (Å²) < 4.78 is 5.45. The molecule has 3 rings (SSSR count). The van der Waals surface area contributed by atoms with Crippen LogP contribution in [0.25, 0.3) is 10.9 Å². The van der Waals surface area contributed by atoms with Gasteiger partial charge in [0.05, 0.1) is 13.2 Å². The van der Waals surface area contributed by atoms with Gasteiger partial charge in [0.15, 0.2) is 0 Å². The molecule has 1 unspecified atom stereocenters. The highest BCUT2D eigenvalue weighted by Crippen LogP contribution is 2.32. The number of benzene rings is 1. The summed E-state index contributed by atoms with van der Waals surface area (Å²) in [5.74, 6) is 0.797. The lowest BCUT2D eigenvalue weighted by Gasteiger charge is -2.20. The van der Waals surface area contributed by atoms with E-state index in [0.29, 0.717) is 0 Å². The van der Waals surface area contributed by atoms with E-state index in [-0.39, 0.29) is 6.04 Å². The van der Waals surface area contributed by atoms with E-state index in [1.807, 2.05) is 31.5 Å². The first kappa shape index (κ1) is 15.3. The maximum absolute atomic E-state index is 5.45. The average Bonchev–Trinajstić information content (AvgIpc) is 2.59. The van der Waals surface area contributed by atoms with Crippen molar-refractivity contribution in [3.05, 3.63) is 60.0 Å². The standard InChI is InChI=1S/C19H21N3O/c1-4-16(14-8-10-20-11-9-14)22-17-12-13(2)21-19-15(17)6-5-7-18(19)23-3/h5-12,16H,4H2,1-3H3,(H,21,22). The van der Waals surface area contributed by atoms with Gasteiger partial charge in [-0.05, 0) is 43.2 Å². The molecule has 118 valence electrons. The first-order valence-corrected chi connectivity index (χ1v) is 7.83. The number of methoxy groups -OCH3 is 1. The van der Waals surface area contributed by atoms with Gasteiger partial charge >= 0.3 is 0 Å². The zero-order chi connectivity index (χ0) is 16.2. The van der Waals surface area contributed by atoms with E-state index in [4.69, 9.17) is 4.74 Å². The molecule has 2 aromatic heterocycles. The fraction of sp³-hybridized carbons (Fsp3) is 0.263. The van der Waals surface area contributed by atoms with E-state index >= 15 is 0 Å². The highest BCUT2D eigenvalue weighted by atomic mass is 16.5. The highest BCUT2D eigenvalue weighted by molar-refractivity contribution is 5.95. The summed E-state index contributed by atoms with van der Waals surface area (Å²) in [4.78, 5) is 8.74. The van der Waals surface area contributed by atoms with Crippen LogP contribution in [0.3, 0.4) is 0 Å². The Morgan fingerprint density at radius 2 is 1.96 bits per heavy atom. The van der Waals surface area contributed by atoms with Crippen LogP contribution >= 0.6 is 0 Å². The summed E-state index contributed by atoms with van der Waals surface area (Å²) >= 11 is 0. The van der Waals surface area contributed by atoms with Crippen LogP contribution in [0, 0.1) is 6.92 Å². The second-order valence-corrected chi connectivity index (χ2v) is 5.55. The van der Waals surface area contributed by atoms with Crippen molar-refractivity contribution in [3.8, 4) is 5.75 Å². The molecule has 1 N–H and O–H groups in total. The number of nitrogens with one attached hydrogen (secondary N) is 1. The second-order valence-electron chi connectivity index (χ2n) is 5.55. The molecule has 0 saturated heterocycles. The molecule has 0 aliphatic rings. The molecule has 0 aliphatic carbocycles. The van der Waals surface area contributed by atoms with Crippen molar-refractivity contribution in [3.63, 3.8) is 0 Å². The molecule has 4 nitrogen and oxygen atoms in total. The molecule has 23 heavy (non-hydrogen) atoms. The van der Waals surface area contributed by atoms with Crippen LogP contribution in [-0.4, -0.2) is 17.1 Å². The summed E-state index contributed by atoms with van der Waals surface area (Å²) in [7, 11) is 1.68. The average molecular weight is 307 g/mol. The van der Waals surface area contributed by atoms with Crippen LogP contribution in [0.2, 0.25) is 0 Å². The number of nitrogens with zero attached hydrogens (tertiary/aromatic N) is 2. The van der Waals surface area contributed by atoms with Crippen LogP contribution < -0.4 is 10.1 Å². The number of anilines is 1. The predicted molar refractivity (Wildman–Crippen MR) is 93.9 cm³/mol. The maximum Gasteiger partial charge on any atom is 0.145 e. The molecular weight excluding hydrogens is 286 g/mol. The molecule has 0 radical (unpaired) electrons. The van der Waals surface area contributed by atoms with E-state index < -0.39 is 0 Å². The normalized spacial score (nSPS) is 12.1. The van der Waals surface area contributed by atoms with E-state index in [1.165, 1.54) is 5.56 Å². The van der Waals surface area contributed by atoms with E-state index in [1.54, 1.807) is 7.11 Å². The van der Waals surface area contributed by atoms with Crippen molar-refractivity contribution in [2.45, 2.75) is 26.3 Å². The Hall–Kier alpha value is -2.62. The number of fused-ring (bicyclic) bond motifs is 1. The number of aryl methyl sites for hydroxylation is 1. The van der Waals surface area contributed by atoms with Crippen molar-refractivity contribution in [2.24, 2.45) is 0 Å². The highest BCUT2D eigenvalue weighted by Gasteiger charge is 2.13. The lowest BCUT2D eigenvalue weighted by atomic mass is 10.0. The molecule has 0 bridgehead atoms. The second kappa shape index (κ2) is 6.65. The fourth-order valence-electron chi connectivity index (χ4n) is 2.84. The van der Waals surface area contributed by atoms with Gasteiger partial charge in [-0.15, -0.1) is 0 Å². The van der Waals surface area contributed by atoms with Crippen LogP contribution in [0.1, 0.15) is 30.6 Å². The Balaban J connectivity index is 2.05. The van der Waals surface area contributed by atoms with Crippen LogP contribution in [0.5, 0.6) is 5.75 Å². The lowest BCUT2D eigenvalue weighted by Crippen LogP contribution is -2.10. The quantitative estimate of drug-likeness (QED) is 0.753. The van der Waals surface area contributed by atoms with Gasteiger partial charge in [0.25, 0.3) is 0 Å². The van der Waals surface area contributed by atoms with Gasteiger partial charge in [0.2, 0.25) is 0 Å². The number of aromatic nitrogens is 2. The van der Waals surface area contributed by atoms with Crippen molar-refractivity contribution in [1.29, 1.82) is 0 Å². The number of hydrogen-bond donors (Lipinski definition) is 1. The van der Waals surface area contributed by atoms with Gasteiger partial charge in [-0.1, -0.05) is 19.1 Å². The Bertz CT molecular complexity index is 802. The molecular formula is C19H21N3O. The van der Waals surface area contributed by atoms with Gasteiger partial charge in [-0.25, -0.2) is 4.98 Å². The maximum atomic E-state index is 5.45. The third-order valence-corrected chi connectivity index (χ3v) is 4.00. The van der Waals surface area contributed by atoms with Gasteiger partial charge in [-0.2, -0.15) is 0 Å². The van der Waals surface area contributed by atoms with Crippen molar-refractivity contribution in [1.82, 2.24) is 9.97 Å². The predicted octanol–water partition coefficient (Wildman–Crippen LogP) is 4.51. The van der Waals surface area contributed by atoms with Gasteiger partial charge < -0.3 is 10.1 Å². The Labute approximate surface area is 136 Å². The molecule has 0 saturated carbocycles. The monoisotopic (exact) mass is 307 g/mol. The Morgan fingerprint density at radius 3 is 2.65 bits per heavy atom. The topological polar surface area (TPSA) is 47.0 Å². The summed E-state index contributed by atoms with van der Waals surface area (Å²) in [5, 5.41) is 4.73. The number of rotatable bonds is 5. The van der Waals surface area contributed by atoms with Crippen LogP contribution in [0.15, 0.2) is 48.8 Å². The third-order valence-electron chi connectivity index (χ3n) is 4.00. The molecule has 1 aromatic carbocycles. The summed E-state index contributed by atoms with van der Waals surface area (Å²) in [6, 6.07) is 12.4. The SMILES string of the molecule is CCC(Nc1cc(C)nc2c(OC)cccc12)c1ccncc1. The number of para-hydroxylation sites is 1. The van der Waals surface area contributed by atoms with Crippen molar-refractivity contribution in [2.75, 3.05) is 12.4 Å². The zero-order valence-corrected chi connectivity index (χ0v) is 13.7. The molecule has 0 fully saturated rings. The third kappa shape index (κ3) is 3.11. The summed E-state index contributed by atoms with van der Waals surface area (Å²) in [6.45, 7) is 4.18. The summed E-state index contributed by atoms with van der Waals surface area (Å²) in [6.07, 6.45) is 4.65.